The molecule has 0 spiro atoms. The van der Waals surface area contributed by atoms with Crippen molar-refractivity contribution in [2.24, 2.45) is 0 Å². The highest BCUT2D eigenvalue weighted by atomic mass is 16.5. The van der Waals surface area contributed by atoms with Gasteiger partial charge in [0.25, 0.3) is 17.4 Å². The number of rotatable bonds is 8. The summed E-state index contributed by atoms with van der Waals surface area (Å²) in [6.07, 6.45) is 3.37. The summed E-state index contributed by atoms with van der Waals surface area (Å²) in [6, 6.07) is 18.3. The van der Waals surface area contributed by atoms with E-state index in [1.807, 2.05) is 6.07 Å². The quantitative estimate of drug-likeness (QED) is 0.291. The number of hydrazine groups is 1. The lowest BCUT2D eigenvalue weighted by atomic mass is 10.2. The lowest BCUT2D eigenvalue weighted by Gasteiger charge is -2.12. The van der Waals surface area contributed by atoms with Gasteiger partial charge in [-0.3, -0.25) is 29.8 Å². The lowest BCUT2D eigenvalue weighted by molar-refractivity contribution is 0.0846. The van der Waals surface area contributed by atoms with Gasteiger partial charge in [0.1, 0.15) is 6.33 Å². The topological polar surface area (TPSA) is 112 Å². The molecule has 1 aromatic heterocycles. The molecule has 0 saturated carbocycles. The molecule has 0 bridgehead atoms. The number of aromatic nitrogens is 2. The molecule has 0 aliphatic rings. The number of hydrogen-bond acceptors (Lipinski definition) is 6. The Balaban J connectivity index is 1.40. The maximum absolute atomic E-state index is 12.8. The van der Waals surface area contributed by atoms with Crippen LogP contribution in [0.25, 0.3) is 16.6 Å². The summed E-state index contributed by atoms with van der Waals surface area (Å²) in [7, 11) is 1.50. The Kier molecular flexibility index (Phi) is 7.60. The average Bonchev–Trinajstić information content (AvgIpc) is 2.92. The van der Waals surface area contributed by atoms with Crippen LogP contribution in [0.4, 0.5) is 0 Å². The number of fused-ring (bicyclic) bond motifs is 1. The maximum atomic E-state index is 12.8. The van der Waals surface area contributed by atoms with Crippen molar-refractivity contribution in [3.05, 3.63) is 94.5 Å². The minimum absolute atomic E-state index is 0.206. The van der Waals surface area contributed by atoms with E-state index in [1.54, 1.807) is 60.7 Å². The summed E-state index contributed by atoms with van der Waals surface area (Å²) in [6.45, 7) is 2.62. The molecule has 3 aromatic carbocycles. The molecule has 0 atom stereocenters. The van der Waals surface area contributed by atoms with Crippen molar-refractivity contribution < 1.29 is 19.1 Å². The van der Waals surface area contributed by atoms with E-state index >= 15 is 0 Å². The molecular formula is C27H26N4O5. The smallest absolute Gasteiger partial charge is 0.269 e. The second-order valence-corrected chi connectivity index (χ2v) is 7.96. The number of hydrogen-bond donors (Lipinski definition) is 2. The number of nitrogens with one attached hydrogen (secondary N) is 2. The summed E-state index contributed by atoms with van der Waals surface area (Å²) in [5, 5.41) is 0.502. The van der Waals surface area contributed by atoms with Crippen LogP contribution in [0.2, 0.25) is 0 Å². The van der Waals surface area contributed by atoms with Crippen molar-refractivity contribution in [2.45, 2.75) is 19.8 Å². The summed E-state index contributed by atoms with van der Waals surface area (Å²) < 4.78 is 12.4. The van der Waals surface area contributed by atoms with Gasteiger partial charge < -0.3 is 9.47 Å². The first kappa shape index (κ1) is 24.5. The second-order valence-electron chi connectivity index (χ2n) is 7.96. The predicted octanol–water partition coefficient (Wildman–Crippen LogP) is 3.65. The van der Waals surface area contributed by atoms with E-state index in [1.165, 1.54) is 18.0 Å². The minimum Gasteiger partial charge on any atom is -0.493 e. The molecule has 36 heavy (non-hydrogen) atoms. The van der Waals surface area contributed by atoms with Crippen LogP contribution >= 0.6 is 0 Å². The molecule has 9 heteroatoms. The standard InChI is InChI=1S/C27H26N4O5/c1-3-4-15-36-23-14-11-19(16-24(23)35-2)26(33)30-29-25(32)18-9-12-20(13-10-18)31-17-28-22-8-6-5-7-21(22)27(31)34/h5-14,16-17H,3-4,15H2,1-2H3,(H,29,32)(H,30,33). The fraction of sp³-hybridized carbons (Fsp3) is 0.185. The molecule has 4 rings (SSSR count). The Labute approximate surface area is 207 Å². The van der Waals surface area contributed by atoms with Crippen LogP contribution in [0.3, 0.4) is 0 Å². The summed E-state index contributed by atoms with van der Waals surface area (Å²) in [5.41, 5.74) is 6.36. The van der Waals surface area contributed by atoms with Gasteiger partial charge >= 0.3 is 0 Å². The molecule has 0 aliphatic carbocycles. The highest BCUT2D eigenvalue weighted by Gasteiger charge is 2.13. The molecule has 2 amide bonds. The number of nitrogens with zero attached hydrogens (tertiary/aromatic N) is 2. The van der Waals surface area contributed by atoms with Gasteiger partial charge in [0.15, 0.2) is 11.5 Å². The number of methoxy groups -OCH3 is 1. The largest absolute Gasteiger partial charge is 0.493 e. The van der Waals surface area contributed by atoms with Gasteiger partial charge in [0.05, 0.1) is 30.3 Å². The number of unbranched alkanes of at least 4 members (excludes halogenated alkanes) is 1. The molecule has 184 valence electrons. The van der Waals surface area contributed by atoms with Crippen LogP contribution in [0, 0.1) is 0 Å². The van der Waals surface area contributed by atoms with Crippen molar-refractivity contribution in [3.63, 3.8) is 0 Å². The summed E-state index contributed by atoms with van der Waals surface area (Å²) in [4.78, 5) is 42.2. The van der Waals surface area contributed by atoms with Gasteiger partial charge in [-0.25, -0.2) is 4.98 Å². The Bertz CT molecular complexity index is 1450. The number of benzene rings is 3. The van der Waals surface area contributed by atoms with Gasteiger partial charge in [-0.05, 0) is 61.0 Å². The summed E-state index contributed by atoms with van der Waals surface area (Å²) >= 11 is 0. The Hall–Kier alpha value is -4.66. The van der Waals surface area contributed by atoms with Gasteiger partial charge in [-0.15, -0.1) is 0 Å². The molecule has 1 heterocycles. The van der Waals surface area contributed by atoms with E-state index in [0.717, 1.165) is 12.8 Å². The van der Waals surface area contributed by atoms with Crippen molar-refractivity contribution in [1.82, 2.24) is 20.4 Å². The van der Waals surface area contributed by atoms with Gasteiger partial charge in [-0.1, -0.05) is 25.5 Å². The third-order valence-electron chi connectivity index (χ3n) is 5.54. The number of para-hydroxylation sites is 1. The minimum atomic E-state index is -0.509. The van der Waals surface area contributed by atoms with Gasteiger partial charge in [0.2, 0.25) is 0 Å². The van der Waals surface area contributed by atoms with Crippen LogP contribution < -0.4 is 25.9 Å². The number of amides is 2. The van der Waals surface area contributed by atoms with E-state index in [4.69, 9.17) is 9.47 Å². The van der Waals surface area contributed by atoms with Crippen LogP contribution in [0.15, 0.2) is 77.9 Å². The molecule has 4 aromatic rings. The molecule has 0 aliphatic heterocycles. The van der Waals surface area contributed by atoms with Gasteiger partial charge in [0, 0.05) is 11.1 Å². The summed E-state index contributed by atoms with van der Waals surface area (Å²) in [5.74, 6) is -0.0380. The van der Waals surface area contributed by atoms with Crippen molar-refractivity contribution in [3.8, 4) is 17.2 Å². The number of carbonyl (C=O) groups is 2. The van der Waals surface area contributed by atoms with E-state index < -0.39 is 11.8 Å². The van der Waals surface area contributed by atoms with Gasteiger partial charge in [-0.2, -0.15) is 0 Å². The monoisotopic (exact) mass is 486 g/mol. The first-order valence-corrected chi connectivity index (χ1v) is 11.5. The van der Waals surface area contributed by atoms with E-state index in [9.17, 15) is 14.4 Å². The highest BCUT2D eigenvalue weighted by molar-refractivity contribution is 5.99. The van der Waals surface area contributed by atoms with Crippen LogP contribution in [0.1, 0.15) is 40.5 Å². The Morgan fingerprint density at radius 1 is 0.917 bits per heavy atom. The zero-order chi connectivity index (χ0) is 25.5. The van der Waals surface area contributed by atoms with Crippen LogP contribution in [-0.2, 0) is 0 Å². The van der Waals surface area contributed by atoms with E-state index in [-0.39, 0.29) is 5.56 Å². The Morgan fingerprint density at radius 2 is 1.61 bits per heavy atom. The van der Waals surface area contributed by atoms with Crippen LogP contribution in [0.5, 0.6) is 11.5 Å². The highest BCUT2D eigenvalue weighted by Crippen LogP contribution is 2.28. The molecule has 2 N–H and O–H groups in total. The first-order valence-electron chi connectivity index (χ1n) is 11.5. The average molecular weight is 487 g/mol. The van der Waals surface area contributed by atoms with Crippen molar-refractivity contribution in [2.75, 3.05) is 13.7 Å². The zero-order valence-corrected chi connectivity index (χ0v) is 20.0. The SMILES string of the molecule is CCCCOc1ccc(C(=O)NNC(=O)c2ccc(-n3cnc4ccccc4c3=O)cc2)cc1OC. The maximum Gasteiger partial charge on any atom is 0.269 e. The zero-order valence-electron chi connectivity index (χ0n) is 20.0. The molecule has 0 unspecified atom stereocenters. The lowest BCUT2D eigenvalue weighted by Crippen LogP contribution is -2.41. The van der Waals surface area contributed by atoms with E-state index in [0.29, 0.717) is 45.8 Å². The predicted molar refractivity (Wildman–Crippen MR) is 136 cm³/mol. The molecule has 0 fully saturated rings. The third kappa shape index (κ3) is 5.35. The molecule has 0 radical (unpaired) electrons. The third-order valence-corrected chi connectivity index (χ3v) is 5.54. The fourth-order valence-corrected chi connectivity index (χ4v) is 3.54. The first-order chi connectivity index (χ1) is 17.5. The number of carbonyl (C=O) groups excluding carboxylic acids is 2. The van der Waals surface area contributed by atoms with Crippen molar-refractivity contribution in [1.29, 1.82) is 0 Å². The Morgan fingerprint density at radius 3 is 2.33 bits per heavy atom. The fourth-order valence-electron chi connectivity index (χ4n) is 3.54. The molecule has 0 saturated heterocycles. The normalized spacial score (nSPS) is 10.6. The second kappa shape index (κ2) is 11.2. The molecule has 9 nitrogen and oxygen atoms in total. The van der Waals surface area contributed by atoms with E-state index in [2.05, 4.69) is 22.8 Å². The molecular weight excluding hydrogens is 460 g/mol. The van der Waals surface area contributed by atoms with Crippen molar-refractivity contribution >= 4 is 22.7 Å². The van der Waals surface area contributed by atoms with Crippen LogP contribution in [-0.4, -0.2) is 35.1 Å². The number of ether oxygens (including phenoxy) is 2.